The predicted molar refractivity (Wildman–Crippen MR) is 71.0 cm³/mol. The molecule has 0 spiro atoms. The molecule has 0 bridgehead atoms. The number of carbonyl (C=O) groups excluding carboxylic acids is 1. The van der Waals surface area contributed by atoms with Crippen molar-refractivity contribution in [3.8, 4) is 0 Å². The zero-order valence-electron chi connectivity index (χ0n) is 10.9. The average molecular weight is 245 g/mol. The molecule has 0 radical (unpaired) electrons. The highest BCUT2D eigenvalue weighted by molar-refractivity contribution is 5.82. The Kier molecular flexibility index (Phi) is 4.15. The van der Waals surface area contributed by atoms with Gasteiger partial charge in [0.05, 0.1) is 7.11 Å². The van der Waals surface area contributed by atoms with Crippen molar-refractivity contribution in [1.29, 1.82) is 0 Å². The molecule has 18 heavy (non-hydrogen) atoms. The third-order valence-corrected chi connectivity index (χ3v) is 3.32. The zero-order chi connectivity index (χ0) is 13.0. The first-order chi connectivity index (χ1) is 8.69. The van der Waals surface area contributed by atoms with Crippen molar-refractivity contribution in [3.63, 3.8) is 0 Å². The van der Waals surface area contributed by atoms with Gasteiger partial charge in [-0.15, -0.1) is 0 Å². The molecule has 1 fully saturated rings. The minimum atomic E-state index is -0.251. The molecule has 1 unspecified atom stereocenters. The first-order valence-corrected chi connectivity index (χ1v) is 6.23. The van der Waals surface area contributed by atoms with E-state index in [0.29, 0.717) is 5.92 Å². The summed E-state index contributed by atoms with van der Waals surface area (Å²) in [5, 5.41) is 0. The van der Waals surface area contributed by atoms with Gasteiger partial charge in [-0.25, -0.2) is 4.79 Å². The SMILES string of the molecule is COC(=O)/C=C1/CN(Cc2ccccc2)CC1C. The van der Waals surface area contributed by atoms with E-state index in [0.717, 1.165) is 25.2 Å². The van der Waals surface area contributed by atoms with Crippen molar-refractivity contribution in [1.82, 2.24) is 4.90 Å². The highest BCUT2D eigenvalue weighted by Crippen LogP contribution is 2.23. The molecule has 1 atom stereocenters. The first kappa shape index (κ1) is 12.8. The number of rotatable bonds is 3. The van der Waals surface area contributed by atoms with E-state index in [1.165, 1.54) is 12.7 Å². The van der Waals surface area contributed by atoms with E-state index in [-0.39, 0.29) is 5.97 Å². The van der Waals surface area contributed by atoms with Crippen molar-refractivity contribution >= 4 is 5.97 Å². The summed E-state index contributed by atoms with van der Waals surface area (Å²) in [5.41, 5.74) is 2.47. The van der Waals surface area contributed by atoms with Crippen LogP contribution in [0.4, 0.5) is 0 Å². The molecule has 3 nitrogen and oxygen atoms in total. The Hall–Kier alpha value is -1.61. The summed E-state index contributed by atoms with van der Waals surface area (Å²) in [5.74, 6) is 0.172. The monoisotopic (exact) mass is 245 g/mol. The number of ether oxygens (including phenoxy) is 1. The lowest BCUT2D eigenvalue weighted by Gasteiger charge is -2.14. The summed E-state index contributed by atoms with van der Waals surface area (Å²) >= 11 is 0. The Morgan fingerprint density at radius 1 is 1.44 bits per heavy atom. The normalized spacial score (nSPS) is 22.3. The summed E-state index contributed by atoms with van der Waals surface area (Å²) in [6.45, 7) is 4.94. The lowest BCUT2D eigenvalue weighted by molar-refractivity contribution is -0.134. The zero-order valence-corrected chi connectivity index (χ0v) is 10.9. The smallest absolute Gasteiger partial charge is 0.330 e. The highest BCUT2D eigenvalue weighted by atomic mass is 16.5. The molecule has 0 saturated carbocycles. The Morgan fingerprint density at radius 2 is 2.17 bits per heavy atom. The van der Waals surface area contributed by atoms with Gasteiger partial charge in [0.15, 0.2) is 0 Å². The van der Waals surface area contributed by atoms with Crippen LogP contribution in [-0.4, -0.2) is 31.1 Å². The Labute approximate surface area is 108 Å². The van der Waals surface area contributed by atoms with Crippen LogP contribution >= 0.6 is 0 Å². The minimum absolute atomic E-state index is 0.251. The second-order valence-corrected chi connectivity index (χ2v) is 4.80. The molecule has 1 aromatic carbocycles. The van der Waals surface area contributed by atoms with Crippen molar-refractivity contribution in [2.45, 2.75) is 13.5 Å². The van der Waals surface area contributed by atoms with E-state index in [4.69, 9.17) is 0 Å². The second kappa shape index (κ2) is 5.83. The molecule has 0 aromatic heterocycles. The largest absolute Gasteiger partial charge is 0.466 e. The average Bonchev–Trinajstić information content (AvgIpc) is 2.70. The second-order valence-electron chi connectivity index (χ2n) is 4.80. The first-order valence-electron chi connectivity index (χ1n) is 6.23. The Morgan fingerprint density at radius 3 is 2.83 bits per heavy atom. The minimum Gasteiger partial charge on any atom is -0.466 e. The summed E-state index contributed by atoms with van der Waals surface area (Å²) in [7, 11) is 1.42. The topological polar surface area (TPSA) is 29.5 Å². The Bertz CT molecular complexity index is 439. The fourth-order valence-electron chi connectivity index (χ4n) is 2.34. The summed E-state index contributed by atoms with van der Waals surface area (Å²) in [6, 6.07) is 10.4. The molecule has 0 aliphatic carbocycles. The third kappa shape index (κ3) is 3.20. The number of hydrogen-bond acceptors (Lipinski definition) is 3. The fraction of sp³-hybridized carbons (Fsp3) is 0.400. The van der Waals surface area contributed by atoms with Crippen LogP contribution in [0.15, 0.2) is 42.0 Å². The fourth-order valence-corrected chi connectivity index (χ4v) is 2.34. The number of methoxy groups -OCH3 is 1. The molecular weight excluding hydrogens is 226 g/mol. The van der Waals surface area contributed by atoms with Crippen LogP contribution < -0.4 is 0 Å². The molecule has 1 saturated heterocycles. The van der Waals surface area contributed by atoms with Gasteiger partial charge >= 0.3 is 5.97 Å². The number of hydrogen-bond donors (Lipinski definition) is 0. The maximum absolute atomic E-state index is 11.3. The molecule has 96 valence electrons. The third-order valence-electron chi connectivity index (χ3n) is 3.32. The summed E-state index contributed by atoms with van der Waals surface area (Å²) in [6.07, 6.45) is 1.63. The van der Waals surface area contributed by atoms with E-state index in [1.807, 2.05) is 6.07 Å². The number of nitrogens with zero attached hydrogens (tertiary/aromatic N) is 1. The molecule has 1 aliphatic heterocycles. The van der Waals surface area contributed by atoms with Gasteiger partial charge in [0.25, 0.3) is 0 Å². The molecular formula is C15H19NO2. The molecule has 1 aromatic rings. The number of benzene rings is 1. The van der Waals surface area contributed by atoms with Gasteiger partial charge in [-0.05, 0) is 17.1 Å². The van der Waals surface area contributed by atoms with E-state index in [1.54, 1.807) is 6.08 Å². The maximum atomic E-state index is 11.3. The van der Waals surface area contributed by atoms with Gasteiger partial charge in [0.1, 0.15) is 0 Å². The van der Waals surface area contributed by atoms with Gasteiger partial charge in [-0.3, -0.25) is 4.90 Å². The van der Waals surface area contributed by atoms with Crippen LogP contribution in [0.3, 0.4) is 0 Å². The molecule has 2 rings (SSSR count). The van der Waals surface area contributed by atoms with Crippen LogP contribution in [0.25, 0.3) is 0 Å². The van der Waals surface area contributed by atoms with Gasteiger partial charge in [0.2, 0.25) is 0 Å². The maximum Gasteiger partial charge on any atom is 0.330 e. The number of esters is 1. The van der Waals surface area contributed by atoms with Crippen LogP contribution in [0, 0.1) is 5.92 Å². The van der Waals surface area contributed by atoms with Crippen LogP contribution in [-0.2, 0) is 16.1 Å². The standard InChI is InChI=1S/C15H19NO2/c1-12-9-16(10-13-6-4-3-5-7-13)11-14(12)8-15(17)18-2/h3-8,12H,9-11H2,1-2H3/b14-8-. The van der Waals surface area contributed by atoms with Crippen molar-refractivity contribution in [2.24, 2.45) is 5.92 Å². The van der Waals surface area contributed by atoms with Crippen LogP contribution in [0.1, 0.15) is 12.5 Å². The van der Waals surface area contributed by atoms with E-state index < -0.39 is 0 Å². The van der Waals surface area contributed by atoms with E-state index in [9.17, 15) is 4.79 Å². The van der Waals surface area contributed by atoms with Gasteiger partial charge in [0, 0.05) is 25.7 Å². The molecule has 1 heterocycles. The van der Waals surface area contributed by atoms with E-state index in [2.05, 4.69) is 40.8 Å². The van der Waals surface area contributed by atoms with Crippen LogP contribution in [0.5, 0.6) is 0 Å². The van der Waals surface area contributed by atoms with Gasteiger partial charge in [-0.1, -0.05) is 37.3 Å². The van der Waals surface area contributed by atoms with Gasteiger partial charge in [-0.2, -0.15) is 0 Å². The summed E-state index contributed by atoms with van der Waals surface area (Å²) in [4.78, 5) is 13.6. The van der Waals surface area contributed by atoms with E-state index >= 15 is 0 Å². The van der Waals surface area contributed by atoms with Crippen molar-refractivity contribution in [3.05, 3.63) is 47.5 Å². The number of carbonyl (C=O) groups is 1. The molecule has 0 amide bonds. The summed E-state index contributed by atoms with van der Waals surface area (Å²) < 4.78 is 4.68. The van der Waals surface area contributed by atoms with Crippen LogP contribution in [0.2, 0.25) is 0 Å². The van der Waals surface area contributed by atoms with Crippen molar-refractivity contribution < 1.29 is 9.53 Å². The molecule has 3 heteroatoms. The molecule has 0 N–H and O–H groups in total. The lowest BCUT2D eigenvalue weighted by atomic mass is 10.1. The highest BCUT2D eigenvalue weighted by Gasteiger charge is 2.24. The number of likely N-dealkylation sites (tertiary alicyclic amines) is 1. The Balaban J connectivity index is 1.99. The quantitative estimate of drug-likeness (QED) is 0.604. The lowest BCUT2D eigenvalue weighted by Crippen LogP contribution is -2.19. The van der Waals surface area contributed by atoms with Gasteiger partial charge < -0.3 is 4.74 Å². The predicted octanol–water partition coefficient (Wildman–Crippen LogP) is 2.24. The molecule has 1 aliphatic rings. The van der Waals surface area contributed by atoms with Crippen molar-refractivity contribution in [2.75, 3.05) is 20.2 Å².